The van der Waals surface area contributed by atoms with Gasteiger partial charge in [0.25, 0.3) is 5.91 Å². The topological polar surface area (TPSA) is 96.0 Å². The van der Waals surface area contributed by atoms with Crippen LogP contribution >= 0.6 is 0 Å². The molecule has 34 heavy (non-hydrogen) atoms. The number of nitrogens with one attached hydrogen (secondary N) is 3. The fourth-order valence-electron chi connectivity index (χ4n) is 4.58. The molecular formula is C27H25N5O2. The summed E-state index contributed by atoms with van der Waals surface area (Å²) in [6.45, 7) is 0. The molecule has 7 heteroatoms. The largest absolute Gasteiger partial charge is 0.336 e. The van der Waals surface area contributed by atoms with Crippen molar-refractivity contribution in [1.29, 1.82) is 0 Å². The van der Waals surface area contributed by atoms with E-state index in [-0.39, 0.29) is 18.2 Å². The van der Waals surface area contributed by atoms with E-state index in [1.165, 1.54) is 0 Å². The maximum absolute atomic E-state index is 12.8. The number of carbonyl (C=O) groups excluding carboxylic acids is 2. The number of fused-ring (bicyclic) bond motifs is 3. The van der Waals surface area contributed by atoms with Crippen LogP contribution in [0.5, 0.6) is 0 Å². The number of para-hydroxylation sites is 1. The summed E-state index contributed by atoms with van der Waals surface area (Å²) in [7, 11) is 0. The van der Waals surface area contributed by atoms with Gasteiger partial charge in [0.2, 0.25) is 11.9 Å². The maximum Gasteiger partial charge on any atom is 0.252 e. The van der Waals surface area contributed by atoms with Gasteiger partial charge in [0, 0.05) is 28.6 Å². The second-order valence-electron chi connectivity index (χ2n) is 8.78. The Morgan fingerprint density at radius 2 is 1.82 bits per heavy atom. The Hall–Kier alpha value is -4.18. The van der Waals surface area contributed by atoms with E-state index in [1.54, 1.807) is 18.3 Å². The Kier molecular flexibility index (Phi) is 5.72. The van der Waals surface area contributed by atoms with E-state index < -0.39 is 5.54 Å². The number of terminal acetylenes is 1. The van der Waals surface area contributed by atoms with Gasteiger partial charge in [-0.15, -0.1) is 6.42 Å². The van der Waals surface area contributed by atoms with Gasteiger partial charge in [0.1, 0.15) is 5.54 Å². The predicted octanol–water partition coefficient (Wildman–Crippen LogP) is 4.45. The van der Waals surface area contributed by atoms with Crippen LogP contribution in [0.2, 0.25) is 0 Å². The van der Waals surface area contributed by atoms with Crippen LogP contribution < -0.4 is 16.0 Å². The van der Waals surface area contributed by atoms with E-state index in [9.17, 15) is 9.59 Å². The van der Waals surface area contributed by atoms with Gasteiger partial charge in [-0.05, 0) is 43.2 Å². The lowest BCUT2D eigenvalue weighted by Crippen LogP contribution is -2.48. The van der Waals surface area contributed by atoms with Crippen molar-refractivity contribution < 1.29 is 9.59 Å². The molecule has 1 aromatic heterocycles. The van der Waals surface area contributed by atoms with Crippen molar-refractivity contribution >= 4 is 29.1 Å². The van der Waals surface area contributed by atoms with Gasteiger partial charge in [-0.1, -0.05) is 43.4 Å². The van der Waals surface area contributed by atoms with Crippen molar-refractivity contribution in [2.75, 3.05) is 10.6 Å². The van der Waals surface area contributed by atoms with E-state index in [0.29, 0.717) is 11.5 Å². The van der Waals surface area contributed by atoms with Gasteiger partial charge in [-0.25, -0.2) is 9.97 Å². The average Bonchev–Trinajstić information content (AvgIpc) is 3.00. The zero-order chi connectivity index (χ0) is 23.5. The number of carbonyl (C=O) groups is 2. The number of hydrogen-bond donors (Lipinski definition) is 3. The van der Waals surface area contributed by atoms with Crippen LogP contribution in [-0.4, -0.2) is 27.3 Å². The summed E-state index contributed by atoms with van der Waals surface area (Å²) in [6.07, 6.45) is 12.5. The molecule has 2 aliphatic rings. The molecular weight excluding hydrogens is 426 g/mol. The van der Waals surface area contributed by atoms with Crippen LogP contribution in [0.25, 0.3) is 11.3 Å². The second kappa shape index (κ2) is 8.99. The van der Waals surface area contributed by atoms with Crippen LogP contribution in [0.3, 0.4) is 0 Å². The highest BCUT2D eigenvalue weighted by Gasteiger charge is 2.31. The van der Waals surface area contributed by atoms with Crippen molar-refractivity contribution in [1.82, 2.24) is 15.3 Å². The molecule has 0 unspecified atom stereocenters. The van der Waals surface area contributed by atoms with Gasteiger partial charge < -0.3 is 16.0 Å². The summed E-state index contributed by atoms with van der Waals surface area (Å²) >= 11 is 0. The number of anilines is 3. The van der Waals surface area contributed by atoms with Crippen molar-refractivity contribution in [3.63, 3.8) is 0 Å². The minimum absolute atomic E-state index is 0.0933. The highest BCUT2D eigenvalue weighted by atomic mass is 16.2. The molecule has 3 N–H and O–H groups in total. The monoisotopic (exact) mass is 451 g/mol. The fourth-order valence-corrected chi connectivity index (χ4v) is 4.58. The number of aromatic nitrogens is 2. The first kappa shape index (κ1) is 21.7. The average molecular weight is 452 g/mol. The minimum Gasteiger partial charge on any atom is -0.336 e. The first-order valence-corrected chi connectivity index (χ1v) is 11.5. The summed E-state index contributed by atoms with van der Waals surface area (Å²) < 4.78 is 0. The molecule has 2 amide bonds. The summed E-state index contributed by atoms with van der Waals surface area (Å²) in [5.74, 6) is 2.97. The quantitative estimate of drug-likeness (QED) is 0.510. The molecule has 0 saturated heterocycles. The number of nitrogens with zero attached hydrogens (tertiary/aromatic N) is 2. The van der Waals surface area contributed by atoms with Gasteiger partial charge in [-0.2, -0.15) is 0 Å². The van der Waals surface area contributed by atoms with Crippen LogP contribution in [0, 0.1) is 12.3 Å². The van der Waals surface area contributed by atoms with Gasteiger partial charge in [-0.3, -0.25) is 9.59 Å². The second-order valence-corrected chi connectivity index (χ2v) is 8.78. The number of hydrogen-bond acceptors (Lipinski definition) is 5. The zero-order valence-corrected chi connectivity index (χ0v) is 18.7. The van der Waals surface area contributed by atoms with Gasteiger partial charge in [0.05, 0.1) is 17.8 Å². The van der Waals surface area contributed by atoms with Crippen LogP contribution in [-0.2, 0) is 11.2 Å². The Labute approximate surface area is 198 Å². The van der Waals surface area contributed by atoms with E-state index in [4.69, 9.17) is 6.42 Å². The Balaban J connectivity index is 1.34. The molecule has 2 heterocycles. The van der Waals surface area contributed by atoms with Crippen molar-refractivity contribution in [2.45, 2.75) is 44.1 Å². The third-order valence-corrected chi connectivity index (χ3v) is 6.41. The summed E-state index contributed by atoms with van der Waals surface area (Å²) in [4.78, 5) is 34.1. The standard InChI is InChI=1S/C27H25N5O2/c1-2-27(14-6-3-7-15-27)32-25(34)18-10-12-20(13-11-18)29-26-28-17-19-16-23(33)30-22-9-5-4-8-21(22)24(19)31-26/h1,4-5,8-13,17H,3,6-7,14-16H2,(H,30,33)(H,32,34)(H,28,29,31). The van der Waals surface area contributed by atoms with Crippen LogP contribution in [0.4, 0.5) is 17.3 Å². The molecule has 3 aromatic rings. The van der Waals surface area contributed by atoms with Crippen LogP contribution in [0.1, 0.15) is 48.0 Å². The Bertz CT molecular complexity index is 1290. The van der Waals surface area contributed by atoms with Gasteiger partial charge >= 0.3 is 0 Å². The normalized spacial score (nSPS) is 16.1. The van der Waals surface area contributed by atoms with Crippen molar-refractivity contribution in [3.05, 3.63) is 65.9 Å². The molecule has 0 radical (unpaired) electrons. The lowest BCUT2D eigenvalue weighted by Gasteiger charge is -2.33. The van der Waals surface area contributed by atoms with E-state index in [0.717, 1.165) is 60.3 Å². The first-order valence-electron chi connectivity index (χ1n) is 11.5. The molecule has 0 atom stereocenters. The summed E-state index contributed by atoms with van der Waals surface area (Å²) in [5, 5.41) is 9.17. The zero-order valence-electron chi connectivity index (χ0n) is 18.7. The molecule has 1 aliphatic carbocycles. The molecule has 2 aromatic carbocycles. The first-order chi connectivity index (χ1) is 16.5. The molecule has 170 valence electrons. The maximum atomic E-state index is 12.8. The Morgan fingerprint density at radius 3 is 2.59 bits per heavy atom. The van der Waals surface area contributed by atoms with E-state index >= 15 is 0 Å². The Morgan fingerprint density at radius 1 is 1.06 bits per heavy atom. The number of amides is 2. The summed E-state index contributed by atoms with van der Waals surface area (Å²) in [6, 6.07) is 14.7. The third kappa shape index (κ3) is 4.35. The molecule has 0 bridgehead atoms. The number of benzene rings is 2. The predicted molar refractivity (Wildman–Crippen MR) is 132 cm³/mol. The molecule has 5 rings (SSSR count). The van der Waals surface area contributed by atoms with E-state index in [2.05, 4.69) is 31.8 Å². The van der Waals surface area contributed by atoms with Gasteiger partial charge in [0.15, 0.2) is 0 Å². The smallest absolute Gasteiger partial charge is 0.252 e. The van der Waals surface area contributed by atoms with E-state index in [1.807, 2.05) is 36.4 Å². The molecule has 1 fully saturated rings. The SMILES string of the molecule is C#CC1(NC(=O)c2ccc(Nc3ncc4c(n3)-c3ccccc3NC(=O)C4)cc2)CCCCC1. The highest BCUT2D eigenvalue weighted by molar-refractivity contribution is 6.00. The fraction of sp³-hybridized carbons (Fsp3) is 0.259. The highest BCUT2D eigenvalue weighted by Crippen LogP contribution is 2.33. The van der Waals surface area contributed by atoms with Crippen molar-refractivity contribution in [3.8, 4) is 23.6 Å². The number of rotatable bonds is 4. The minimum atomic E-state index is -0.547. The molecule has 1 saturated carbocycles. The van der Waals surface area contributed by atoms with Crippen LogP contribution in [0.15, 0.2) is 54.7 Å². The molecule has 0 spiro atoms. The summed E-state index contributed by atoms with van der Waals surface area (Å²) in [5.41, 5.74) is 3.82. The lowest BCUT2D eigenvalue weighted by atomic mass is 9.82. The third-order valence-electron chi connectivity index (χ3n) is 6.41. The molecule has 7 nitrogen and oxygen atoms in total. The van der Waals surface area contributed by atoms with Crippen molar-refractivity contribution in [2.24, 2.45) is 0 Å². The lowest BCUT2D eigenvalue weighted by molar-refractivity contribution is -0.115. The molecule has 1 aliphatic heterocycles.